The van der Waals surface area contributed by atoms with Crippen molar-refractivity contribution in [3.63, 3.8) is 0 Å². The zero-order valence-corrected chi connectivity index (χ0v) is 9.12. The minimum atomic E-state index is -0.471. The lowest BCUT2D eigenvalue weighted by Gasteiger charge is -2.18. The van der Waals surface area contributed by atoms with Crippen LogP contribution in [0.25, 0.3) is 0 Å². The summed E-state index contributed by atoms with van der Waals surface area (Å²) in [6.45, 7) is 3.54. The first-order valence-corrected chi connectivity index (χ1v) is 4.82. The molecule has 0 saturated carbocycles. The Morgan fingerprint density at radius 1 is 1.40 bits per heavy atom. The van der Waals surface area contributed by atoms with Crippen molar-refractivity contribution in [2.45, 2.75) is 26.0 Å². The smallest absolute Gasteiger partial charge is 0.165 e. The van der Waals surface area contributed by atoms with Gasteiger partial charge in [-0.2, -0.15) is 0 Å². The summed E-state index contributed by atoms with van der Waals surface area (Å²) < 4.78 is 17.9. The number of nitrogens with one attached hydrogen (secondary N) is 1. The fraction of sp³-hybridized carbons (Fsp3) is 0.455. The van der Waals surface area contributed by atoms with E-state index in [9.17, 15) is 9.50 Å². The molecule has 2 unspecified atom stereocenters. The van der Waals surface area contributed by atoms with Gasteiger partial charge in [0, 0.05) is 17.8 Å². The first-order valence-electron chi connectivity index (χ1n) is 4.82. The SMILES string of the molecule is COc1cc(NC(C)C(C)O)ccc1F. The van der Waals surface area contributed by atoms with Crippen molar-refractivity contribution in [2.75, 3.05) is 12.4 Å². The lowest BCUT2D eigenvalue weighted by atomic mass is 10.2. The van der Waals surface area contributed by atoms with Crippen LogP contribution in [0.3, 0.4) is 0 Å². The molecule has 0 heterocycles. The lowest BCUT2D eigenvalue weighted by Crippen LogP contribution is -2.27. The summed E-state index contributed by atoms with van der Waals surface area (Å²) >= 11 is 0. The van der Waals surface area contributed by atoms with Crippen LogP contribution in [0.5, 0.6) is 5.75 Å². The number of halogens is 1. The molecule has 1 aromatic rings. The predicted molar refractivity (Wildman–Crippen MR) is 57.7 cm³/mol. The summed E-state index contributed by atoms with van der Waals surface area (Å²) in [5.41, 5.74) is 0.724. The van der Waals surface area contributed by atoms with Gasteiger partial charge in [0.05, 0.1) is 13.2 Å². The Labute approximate surface area is 88.9 Å². The van der Waals surface area contributed by atoms with E-state index in [0.717, 1.165) is 5.69 Å². The van der Waals surface area contributed by atoms with Crippen LogP contribution in [0.4, 0.5) is 10.1 Å². The van der Waals surface area contributed by atoms with Gasteiger partial charge in [-0.1, -0.05) is 0 Å². The molecule has 0 aliphatic rings. The van der Waals surface area contributed by atoms with E-state index in [1.54, 1.807) is 19.1 Å². The van der Waals surface area contributed by atoms with Gasteiger partial charge in [0.15, 0.2) is 11.6 Å². The highest BCUT2D eigenvalue weighted by molar-refractivity contribution is 5.49. The third kappa shape index (κ3) is 3.09. The van der Waals surface area contributed by atoms with Crippen LogP contribution in [0, 0.1) is 5.82 Å². The molecule has 0 fully saturated rings. The molecule has 2 atom stereocenters. The Bertz CT molecular complexity index is 328. The number of anilines is 1. The highest BCUT2D eigenvalue weighted by atomic mass is 19.1. The van der Waals surface area contributed by atoms with Gasteiger partial charge < -0.3 is 15.2 Å². The molecule has 0 saturated heterocycles. The largest absolute Gasteiger partial charge is 0.494 e. The molecule has 0 spiro atoms. The van der Waals surface area contributed by atoms with Crippen molar-refractivity contribution in [3.8, 4) is 5.75 Å². The van der Waals surface area contributed by atoms with Crippen LogP contribution in [-0.4, -0.2) is 24.4 Å². The summed E-state index contributed by atoms with van der Waals surface area (Å²) in [4.78, 5) is 0. The standard InChI is InChI=1S/C11H16FNO2/c1-7(8(2)14)13-9-4-5-10(12)11(6-9)15-3/h4-8,13-14H,1-3H3. The fourth-order valence-electron chi connectivity index (χ4n) is 1.13. The van der Waals surface area contributed by atoms with Gasteiger partial charge in [0.1, 0.15) is 0 Å². The summed E-state index contributed by atoms with van der Waals surface area (Å²) in [7, 11) is 1.42. The monoisotopic (exact) mass is 213 g/mol. The molecule has 0 amide bonds. The molecule has 2 N–H and O–H groups in total. The summed E-state index contributed by atoms with van der Waals surface area (Å²) in [5.74, 6) is -0.203. The third-order valence-corrected chi connectivity index (χ3v) is 2.27. The number of rotatable bonds is 4. The van der Waals surface area contributed by atoms with Crippen molar-refractivity contribution in [1.82, 2.24) is 0 Å². The van der Waals surface area contributed by atoms with E-state index in [1.807, 2.05) is 6.92 Å². The second-order valence-corrected chi connectivity index (χ2v) is 3.52. The van der Waals surface area contributed by atoms with E-state index in [-0.39, 0.29) is 11.8 Å². The Kier molecular flexibility index (Phi) is 3.91. The van der Waals surface area contributed by atoms with Gasteiger partial charge in [-0.05, 0) is 26.0 Å². The molecular weight excluding hydrogens is 197 g/mol. The second-order valence-electron chi connectivity index (χ2n) is 3.52. The first kappa shape index (κ1) is 11.8. The van der Waals surface area contributed by atoms with E-state index < -0.39 is 11.9 Å². The Balaban J connectivity index is 2.78. The van der Waals surface area contributed by atoms with Crippen molar-refractivity contribution in [3.05, 3.63) is 24.0 Å². The average Bonchev–Trinajstić information content (AvgIpc) is 2.20. The molecular formula is C11H16FNO2. The third-order valence-electron chi connectivity index (χ3n) is 2.27. The Morgan fingerprint density at radius 3 is 2.60 bits per heavy atom. The van der Waals surface area contributed by atoms with E-state index in [0.29, 0.717) is 0 Å². The molecule has 0 bridgehead atoms. The fourth-order valence-corrected chi connectivity index (χ4v) is 1.13. The molecule has 15 heavy (non-hydrogen) atoms. The van der Waals surface area contributed by atoms with Crippen LogP contribution >= 0.6 is 0 Å². The van der Waals surface area contributed by atoms with E-state index >= 15 is 0 Å². The van der Waals surface area contributed by atoms with Gasteiger partial charge in [-0.15, -0.1) is 0 Å². The maximum Gasteiger partial charge on any atom is 0.165 e. The van der Waals surface area contributed by atoms with Crippen LogP contribution < -0.4 is 10.1 Å². The zero-order chi connectivity index (χ0) is 11.4. The number of aliphatic hydroxyl groups is 1. The number of hydrogen-bond donors (Lipinski definition) is 2. The number of aliphatic hydroxyl groups excluding tert-OH is 1. The van der Waals surface area contributed by atoms with Crippen molar-refractivity contribution in [1.29, 1.82) is 0 Å². The number of methoxy groups -OCH3 is 1. The Hall–Kier alpha value is -1.29. The van der Waals surface area contributed by atoms with E-state index in [4.69, 9.17) is 4.74 Å². The Morgan fingerprint density at radius 2 is 2.07 bits per heavy atom. The van der Waals surface area contributed by atoms with E-state index in [2.05, 4.69) is 5.32 Å². The molecule has 1 rings (SSSR count). The number of ether oxygens (including phenoxy) is 1. The van der Waals surface area contributed by atoms with Crippen molar-refractivity contribution in [2.24, 2.45) is 0 Å². The summed E-state index contributed by atoms with van der Waals surface area (Å²) in [5, 5.41) is 12.3. The average molecular weight is 213 g/mol. The highest BCUT2D eigenvalue weighted by Gasteiger charge is 2.09. The van der Waals surface area contributed by atoms with Crippen LogP contribution in [0.15, 0.2) is 18.2 Å². The minimum Gasteiger partial charge on any atom is -0.494 e. The topological polar surface area (TPSA) is 41.5 Å². The molecule has 0 aliphatic carbocycles. The quantitative estimate of drug-likeness (QED) is 0.804. The van der Waals surface area contributed by atoms with Gasteiger partial charge in [0.25, 0.3) is 0 Å². The number of benzene rings is 1. The molecule has 3 nitrogen and oxygen atoms in total. The molecule has 84 valence electrons. The summed E-state index contributed by atoms with van der Waals surface area (Å²) in [6.07, 6.45) is -0.471. The maximum absolute atomic E-state index is 13.1. The highest BCUT2D eigenvalue weighted by Crippen LogP contribution is 2.22. The molecule has 0 aromatic heterocycles. The van der Waals surface area contributed by atoms with Gasteiger partial charge in [-0.25, -0.2) is 4.39 Å². The predicted octanol–water partition coefficient (Wildman–Crippen LogP) is 2.02. The molecule has 4 heteroatoms. The van der Waals surface area contributed by atoms with Crippen LogP contribution in [0.2, 0.25) is 0 Å². The zero-order valence-electron chi connectivity index (χ0n) is 9.12. The van der Waals surface area contributed by atoms with Crippen molar-refractivity contribution >= 4 is 5.69 Å². The number of hydrogen-bond acceptors (Lipinski definition) is 3. The normalized spacial score (nSPS) is 14.5. The van der Waals surface area contributed by atoms with Gasteiger partial charge >= 0.3 is 0 Å². The van der Waals surface area contributed by atoms with Crippen molar-refractivity contribution < 1.29 is 14.2 Å². The molecule has 1 aromatic carbocycles. The lowest BCUT2D eigenvalue weighted by molar-refractivity contribution is 0.178. The minimum absolute atomic E-state index is 0.0971. The molecule has 0 aliphatic heterocycles. The second kappa shape index (κ2) is 4.98. The van der Waals surface area contributed by atoms with Gasteiger partial charge in [-0.3, -0.25) is 0 Å². The van der Waals surface area contributed by atoms with Crippen LogP contribution in [0.1, 0.15) is 13.8 Å². The van der Waals surface area contributed by atoms with Crippen LogP contribution in [-0.2, 0) is 0 Å². The summed E-state index contributed by atoms with van der Waals surface area (Å²) in [6, 6.07) is 4.40. The molecule has 0 radical (unpaired) electrons. The maximum atomic E-state index is 13.1. The first-order chi connectivity index (χ1) is 7.04. The van der Waals surface area contributed by atoms with E-state index in [1.165, 1.54) is 13.2 Å². The van der Waals surface area contributed by atoms with Gasteiger partial charge in [0.2, 0.25) is 0 Å².